The van der Waals surface area contributed by atoms with Gasteiger partial charge in [0.2, 0.25) is 16.0 Å². The van der Waals surface area contributed by atoms with Crippen LogP contribution in [0, 0.1) is 0 Å². The third-order valence-corrected chi connectivity index (χ3v) is 8.58. The Kier molecular flexibility index (Phi) is 7.10. The molecule has 3 heterocycles. The van der Waals surface area contributed by atoms with Gasteiger partial charge in [-0.15, -0.1) is 0 Å². The molecular formula is C22H30N8O3S2. The summed E-state index contributed by atoms with van der Waals surface area (Å²) in [5.74, 6) is 0.0224. The quantitative estimate of drug-likeness (QED) is 0.390. The van der Waals surface area contributed by atoms with Crippen LogP contribution in [-0.2, 0) is 10.0 Å². The Bertz CT molecular complexity index is 1310. The minimum Gasteiger partial charge on any atom is -0.368 e. The van der Waals surface area contributed by atoms with Crippen molar-refractivity contribution in [1.29, 1.82) is 0 Å². The van der Waals surface area contributed by atoms with Crippen LogP contribution in [0.25, 0.3) is 21.3 Å². The summed E-state index contributed by atoms with van der Waals surface area (Å²) < 4.78 is 27.3. The molecule has 2 aromatic heterocycles. The Hall–Kier alpha value is -3.03. The van der Waals surface area contributed by atoms with Crippen LogP contribution >= 0.6 is 11.3 Å². The number of hydrogen-bond acceptors (Lipinski definition) is 9. The number of thiazole rings is 1. The first-order valence-corrected chi connectivity index (χ1v) is 13.7. The first-order chi connectivity index (χ1) is 16.6. The minimum atomic E-state index is -3.63. The van der Waals surface area contributed by atoms with Crippen molar-refractivity contribution >= 4 is 54.4 Å². The highest BCUT2D eigenvalue weighted by molar-refractivity contribution is 7.94. The van der Waals surface area contributed by atoms with Crippen LogP contribution in [-0.4, -0.2) is 66.9 Å². The first kappa shape index (κ1) is 25.1. The van der Waals surface area contributed by atoms with Gasteiger partial charge in [0, 0.05) is 50.7 Å². The summed E-state index contributed by atoms with van der Waals surface area (Å²) in [4.78, 5) is 27.4. The zero-order chi connectivity index (χ0) is 25.2. The number of carbonyl (C=O) groups is 1. The van der Waals surface area contributed by atoms with E-state index in [1.165, 1.54) is 11.3 Å². The zero-order valence-electron chi connectivity index (χ0n) is 20.2. The molecule has 0 spiro atoms. The lowest BCUT2D eigenvalue weighted by atomic mass is 10.1. The molecule has 188 valence electrons. The molecule has 35 heavy (non-hydrogen) atoms. The van der Waals surface area contributed by atoms with Crippen molar-refractivity contribution in [2.75, 3.05) is 47.7 Å². The van der Waals surface area contributed by atoms with E-state index in [0.717, 1.165) is 53.2 Å². The number of piperazine rings is 1. The number of hydrogen-bond donors (Lipinski definition) is 4. The van der Waals surface area contributed by atoms with Crippen LogP contribution in [0.1, 0.15) is 27.7 Å². The van der Waals surface area contributed by atoms with E-state index in [9.17, 15) is 13.2 Å². The summed E-state index contributed by atoms with van der Waals surface area (Å²) in [5.41, 5.74) is 3.36. The molecule has 0 bridgehead atoms. The van der Waals surface area contributed by atoms with Crippen molar-refractivity contribution < 1.29 is 13.2 Å². The van der Waals surface area contributed by atoms with Gasteiger partial charge in [0.05, 0.1) is 20.7 Å². The summed E-state index contributed by atoms with van der Waals surface area (Å²) in [6.45, 7) is 10.7. The second-order valence-electron chi connectivity index (χ2n) is 9.10. The summed E-state index contributed by atoms with van der Waals surface area (Å²) >= 11 is 1.43. The number of nitrogens with one attached hydrogen (secondary N) is 4. The normalized spacial score (nSPS) is 14.7. The van der Waals surface area contributed by atoms with Gasteiger partial charge >= 0.3 is 6.03 Å². The van der Waals surface area contributed by atoms with E-state index in [1.54, 1.807) is 33.2 Å². The molecule has 0 aliphatic carbocycles. The van der Waals surface area contributed by atoms with Crippen LogP contribution < -0.4 is 25.6 Å². The highest BCUT2D eigenvalue weighted by atomic mass is 32.2. The maximum absolute atomic E-state index is 12.4. The first-order valence-electron chi connectivity index (χ1n) is 11.4. The third kappa shape index (κ3) is 5.63. The number of fused-ring (bicyclic) bond motifs is 1. The fourth-order valence-corrected chi connectivity index (χ4v) is 5.12. The maximum Gasteiger partial charge on any atom is 0.321 e. The molecule has 0 radical (unpaired) electrons. The molecule has 3 aromatic rings. The van der Waals surface area contributed by atoms with Gasteiger partial charge in [-0.05, 0) is 45.4 Å². The number of carbonyl (C=O) groups excluding carboxylic acids is 1. The number of rotatable bonds is 6. The molecule has 0 atom stereocenters. The summed E-state index contributed by atoms with van der Waals surface area (Å²) in [5, 5.41) is 9.40. The fraction of sp³-hybridized carbons (Fsp3) is 0.455. The van der Waals surface area contributed by atoms with Crippen molar-refractivity contribution in [2.24, 2.45) is 0 Å². The Morgan fingerprint density at radius 3 is 2.46 bits per heavy atom. The van der Waals surface area contributed by atoms with E-state index in [1.807, 2.05) is 13.0 Å². The molecule has 11 nitrogen and oxygen atoms in total. The predicted octanol–water partition coefficient (Wildman–Crippen LogP) is 2.84. The van der Waals surface area contributed by atoms with Gasteiger partial charge in [-0.25, -0.2) is 28.2 Å². The molecule has 13 heteroatoms. The van der Waals surface area contributed by atoms with E-state index in [2.05, 4.69) is 46.6 Å². The van der Waals surface area contributed by atoms with Gasteiger partial charge in [0.1, 0.15) is 0 Å². The molecule has 0 saturated carbocycles. The molecule has 1 fully saturated rings. The smallest absolute Gasteiger partial charge is 0.321 e. The molecule has 1 aromatic carbocycles. The number of aromatic nitrogens is 3. The highest BCUT2D eigenvalue weighted by Gasteiger charge is 2.29. The lowest BCUT2D eigenvalue weighted by molar-refractivity contribution is 0.252. The van der Waals surface area contributed by atoms with Gasteiger partial charge in [0.25, 0.3) is 0 Å². The Morgan fingerprint density at radius 2 is 1.83 bits per heavy atom. The van der Waals surface area contributed by atoms with Crippen LogP contribution in [0.2, 0.25) is 0 Å². The number of benzene rings is 1. The van der Waals surface area contributed by atoms with Gasteiger partial charge < -0.3 is 15.5 Å². The topological polar surface area (TPSA) is 141 Å². The molecule has 1 aliphatic rings. The largest absolute Gasteiger partial charge is 0.368 e. The summed E-state index contributed by atoms with van der Waals surface area (Å²) in [6, 6.07) is 3.70. The van der Waals surface area contributed by atoms with Gasteiger partial charge in [-0.3, -0.25) is 10.0 Å². The Labute approximate surface area is 208 Å². The second kappa shape index (κ2) is 9.91. The molecule has 4 N–H and O–H groups in total. The molecule has 4 rings (SSSR count). The van der Waals surface area contributed by atoms with Gasteiger partial charge in [-0.2, -0.15) is 0 Å². The lowest BCUT2D eigenvalue weighted by Crippen LogP contribution is -2.43. The number of nitrogens with zero attached hydrogens (tertiary/aromatic N) is 4. The summed E-state index contributed by atoms with van der Waals surface area (Å²) in [7, 11) is -3.63. The van der Waals surface area contributed by atoms with Crippen molar-refractivity contribution in [3.05, 3.63) is 24.5 Å². The van der Waals surface area contributed by atoms with Crippen LogP contribution in [0.3, 0.4) is 0 Å². The molecule has 2 amide bonds. The van der Waals surface area contributed by atoms with E-state index in [0.29, 0.717) is 11.7 Å². The SMILES string of the molecule is CCNC(=O)Nc1nc2cc(-c3cnc(NS(=O)(=O)C(C)(C)C)nc3)cc(N3CCNCC3)c2s1. The number of urea groups is 1. The van der Waals surface area contributed by atoms with Crippen molar-refractivity contribution in [3.63, 3.8) is 0 Å². The van der Waals surface area contributed by atoms with E-state index in [4.69, 9.17) is 0 Å². The third-order valence-electron chi connectivity index (χ3n) is 5.50. The molecule has 0 unspecified atom stereocenters. The average molecular weight is 519 g/mol. The number of sulfonamides is 1. The Balaban J connectivity index is 1.69. The number of amides is 2. The van der Waals surface area contributed by atoms with E-state index in [-0.39, 0.29) is 12.0 Å². The highest BCUT2D eigenvalue weighted by Crippen LogP contribution is 2.38. The van der Waals surface area contributed by atoms with Gasteiger partial charge in [0.15, 0.2) is 5.13 Å². The molecular weight excluding hydrogens is 488 g/mol. The zero-order valence-corrected chi connectivity index (χ0v) is 21.8. The van der Waals surface area contributed by atoms with Crippen molar-refractivity contribution in [3.8, 4) is 11.1 Å². The van der Waals surface area contributed by atoms with Crippen molar-refractivity contribution in [1.82, 2.24) is 25.6 Å². The van der Waals surface area contributed by atoms with Crippen LogP contribution in [0.15, 0.2) is 24.5 Å². The fourth-order valence-electron chi connectivity index (χ4n) is 3.48. The monoisotopic (exact) mass is 518 g/mol. The number of anilines is 3. The predicted molar refractivity (Wildman–Crippen MR) is 141 cm³/mol. The van der Waals surface area contributed by atoms with E-state index >= 15 is 0 Å². The molecule has 1 aliphatic heterocycles. The van der Waals surface area contributed by atoms with Crippen molar-refractivity contribution in [2.45, 2.75) is 32.4 Å². The van der Waals surface area contributed by atoms with Gasteiger partial charge in [-0.1, -0.05) is 11.3 Å². The van der Waals surface area contributed by atoms with Crippen LogP contribution in [0.5, 0.6) is 0 Å². The minimum absolute atomic E-state index is 0.0224. The standard InChI is InChI=1S/C22H30N8O3S2/c1-5-24-20(31)28-21-27-16-10-14(11-17(18(16)34-21)30-8-6-23-7-9-30)15-12-25-19(26-13-15)29-35(32,33)22(2,3)4/h10-13,23H,5-9H2,1-4H3,(H,25,26,29)(H2,24,27,28,31). The Morgan fingerprint density at radius 1 is 1.14 bits per heavy atom. The average Bonchev–Trinajstić information content (AvgIpc) is 3.21. The second-order valence-corrected chi connectivity index (χ2v) is 12.5. The van der Waals surface area contributed by atoms with E-state index < -0.39 is 14.8 Å². The lowest BCUT2D eigenvalue weighted by Gasteiger charge is -2.30. The molecule has 1 saturated heterocycles. The maximum atomic E-state index is 12.4. The van der Waals surface area contributed by atoms with Crippen LogP contribution in [0.4, 0.5) is 21.6 Å². The summed E-state index contributed by atoms with van der Waals surface area (Å²) in [6.07, 6.45) is 3.19.